The molecule has 1 unspecified atom stereocenters. The minimum Gasteiger partial charge on any atom is -0.385 e. The molecule has 1 atom stereocenters. The molecule has 17 heavy (non-hydrogen) atoms. The van der Waals surface area contributed by atoms with Gasteiger partial charge in [0.2, 0.25) is 0 Å². The lowest BCUT2D eigenvalue weighted by Gasteiger charge is -2.12. The molecule has 5 heteroatoms. The van der Waals surface area contributed by atoms with E-state index >= 15 is 0 Å². The normalized spacial score (nSPS) is 12.6. The van der Waals surface area contributed by atoms with Crippen LogP contribution < -0.4 is 5.56 Å². The molecule has 0 saturated heterocycles. The number of hydrogen-bond acceptors (Lipinski definition) is 3. The van der Waals surface area contributed by atoms with Crippen LogP contribution in [0.25, 0.3) is 0 Å². The summed E-state index contributed by atoms with van der Waals surface area (Å²) < 4.78 is 3.42. The van der Waals surface area contributed by atoms with Crippen LogP contribution >= 0.6 is 0 Å². The van der Waals surface area contributed by atoms with E-state index < -0.39 is 6.10 Å². The maximum Gasteiger partial charge on any atom is 0.250 e. The molecule has 90 valence electrons. The van der Waals surface area contributed by atoms with Gasteiger partial charge in [0.25, 0.3) is 5.56 Å². The van der Waals surface area contributed by atoms with Crippen molar-refractivity contribution in [2.24, 2.45) is 7.05 Å². The number of imidazole rings is 1. The Morgan fingerprint density at radius 3 is 2.94 bits per heavy atom. The number of rotatable bonds is 3. The molecule has 0 bridgehead atoms. The SMILES string of the molecule is CC(O)c1nccn1Cc1cccc(=O)n1C. The zero-order chi connectivity index (χ0) is 12.4. The predicted molar refractivity (Wildman–Crippen MR) is 63.6 cm³/mol. The van der Waals surface area contributed by atoms with Crippen LogP contribution in [0.2, 0.25) is 0 Å². The quantitative estimate of drug-likeness (QED) is 0.848. The monoisotopic (exact) mass is 233 g/mol. The van der Waals surface area contributed by atoms with E-state index in [0.29, 0.717) is 12.4 Å². The molecule has 0 aromatic carbocycles. The van der Waals surface area contributed by atoms with Gasteiger partial charge in [0.1, 0.15) is 11.9 Å². The Bertz CT molecular complexity index is 569. The summed E-state index contributed by atoms with van der Waals surface area (Å²) in [6.45, 7) is 2.19. The van der Waals surface area contributed by atoms with Gasteiger partial charge in [-0.2, -0.15) is 0 Å². The summed E-state index contributed by atoms with van der Waals surface area (Å²) in [5.74, 6) is 0.598. The highest BCUT2D eigenvalue weighted by molar-refractivity contribution is 5.09. The van der Waals surface area contributed by atoms with Gasteiger partial charge in [0.05, 0.1) is 6.54 Å². The fourth-order valence-electron chi connectivity index (χ4n) is 1.76. The molecule has 0 aliphatic rings. The van der Waals surface area contributed by atoms with E-state index in [1.807, 2.05) is 10.6 Å². The molecule has 0 fully saturated rings. The third-order valence-corrected chi connectivity index (χ3v) is 2.74. The second kappa shape index (κ2) is 4.55. The summed E-state index contributed by atoms with van der Waals surface area (Å²) in [5, 5.41) is 9.54. The Hall–Kier alpha value is -1.88. The Labute approximate surface area is 99.0 Å². The first-order valence-corrected chi connectivity index (χ1v) is 5.43. The first kappa shape index (κ1) is 11.6. The van der Waals surface area contributed by atoms with Gasteiger partial charge in [-0.15, -0.1) is 0 Å². The largest absolute Gasteiger partial charge is 0.385 e. The van der Waals surface area contributed by atoms with E-state index in [2.05, 4.69) is 4.98 Å². The van der Waals surface area contributed by atoms with Gasteiger partial charge in [0.15, 0.2) is 0 Å². The molecule has 5 nitrogen and oxygen atoms in total. The first-order chi connectivity index (χ1) is 8.09. The van der Waals surface area contributed by atoms with Crippen molar-refractivity contribution in [1.29, 1.82) is 0 Å². The van der Waals surface area contributed by atoms with E-state index in [1.54, 1.807) is 37.0 Å². The molecule has 0 saturated carbocycles. The lowest BCUT2D eigenvalue weighted by atomic mass is 10.3. The number of hydrogen-bond donors (Lipinski definition) is 1. The summed E-state index contributed by atoms with van der Waals surface area (Å²) in [7, 11) is 1.73. The highest BCUT2D eigenvalue weighted by atomic mass is 16.3. The number of pyridine rings is 1. The minimum absolute atomic E-state index is 0.0405. The molecule has 0 radical (unpaired) electrons. The van der Waals surface area contributed by atoms with E-state index in [-0.39, 0.29) is 5.56 Å². The lowest BCUT2D eigenvalue weighted by molar-refractivity contribution is 0.184. The van der Waals surface area contributed by atoms with Crippen LogP contribution in [0.4, 0.5) is 0 Å². The summed E-state index contributed by atoms with van der Waals surface area (Å²) in [6.07, 6.45) is 2.81. The van der Waals surface area contributed by atoms with Gasteiger partial charge in [-0.1, -0.05) is 6.07 Å². The van der Waals surface area contributed by atoms with Crippen LogP contribution in [0.3, 0.4) is 0 Å². The summed E-state index contributed by atoms with van der Waals surface area (Å²) >= 11 is 0. The fraction of sp³-hybridized carbons (Fsp3) is 0.333. The maximum atomic E-state index is 11.5. The molecule has 2 heterocycles. The summed E-state index contributed by atoms with van der Waals surface area (Å²) in [4.78, 5) is 15.6. The zero-order valence-electron chi connectivity index (χ0n) is 9.87. The minimum atomic E-state index is -0.620. The van der Waals surface area contributed by atoms with Crippen molar-refractivity contribution in [2.45, 2.75) is 19.6 Å². The Morgan fingerprint density at radius 2 is 2.24 bits per heavy atom. The fourth-order valence-corrected chi connectivity index (χ4v) is 1.76. The molecule has 0 spiro atoms. The molecule has 0 aliphatic carbocycles. The van der Waals surface area contributed by atoms with Crippen LogP contribution in [-0.2, 0) is 13.6 Å². The van der Waals surface area contributed by atoms with Crippen LogP contribution in [0.15, 0.2) is 35.4 Å². The number of aliphatic hydroxyl groups excluding tert-OH is 1. The van der Waals surface area contributed by atoms with Crippen molar-refractivity contribution in [3.05, 3.63) is 52.5 Å². The molecule has 2 aromatic rings. The van der Waals surface area contributed by atoms with Crippen molar-refractivity contribution >= 4 is 0 Å². The Balaban J connectivity index is 2.35. The van der Waals surface area contributed by atoms with E-state index in [4.69, 9.17) is 0 Å². The van der Waals surface area contributed by atoms with Crippen LogP contribution in [-0.4, -0.2) is 19.2 Å². The van der Waals surface area contributed by atoms with Crippen molar-refractivity contribution in [3.63, 3.8) is 0 Å². The van der Waals surface area contributed by atoms with E-state index in [0.717, 1.165) is 5.69 Å². The van der Waals surface area contributed by atoms with Crippen LogP contribution in [0.1, 0.15) is 24.5 Å². The molecule has 1 N–H and O–H groups in total. The van der Waals surface area contributed by atoms with Gasteiger partial charge in [0, 0.05) is 31.2 Å². The predicted octanol–water partition coefficient (Wildman–Crippen LogP) is 0.683. The molecule has 0 aliphatic heterocycles. The zero-order valence-corrected chi connectivity index (χ0v) is 9.87. The van der Waals surface area contributed by atoms with Crippen LogP contribution in [0, 0.1) is 0 Å². The first-order valence-electron chi connectivity index (χ1n) is 5.43. The number of nitrogens with zero attached hydrogens (tertiary/aromatic N) is 3. The van der Waals surface area contributed by atoms with Crippen molar-refractivity contribution in [3.8, 4) is 0 Å². The molecule has 2 aromatic heterocycles. The van der Waals surface area contributed by atoms with Gasteiger partial charge in [-0.3, -0.25) is 4.79 Å². The summed E-state index contributed by atoms with van der Waals surface area (Å²) in [5.41, 5.74) is 0.832. The highest BCUT2D eigenvalue weighted by Gasteiger charge is 2.09. The number of aromatic nitrogens is 3. The average molecular weight is 233 g/mol. The van der Waals surface area contributed by atoms with E-state index in [1.165, 1.54) is 6.07 Å². The third-order valence-electron chi connectivity index (χ3n) is 2.74. The molecular weight excluding hydrogens is 218 g/mol. The maximum absolute atomic E-state index is 11.5. The van der Waals surface area contributed by atoms with Crippen molar-refractivity contribution in [1.82, 2.24) is 14.1 Å². The molecular formula is C12H15N3O2. The van der Waals surface area contributed by atoms with Gasteiger partial charge >= 0.3 is 0 Å². The highest BCUT2D eigenvalue weighted by Crippen LogP contribution is 2.11. The smallest absolute Gasteiger partial charge is 0.250 e. The summed E-state index contributed by atoms with van der Waals surface area (Å²) in [6, 6.07) is 5.14. The van der Waals surface area contributed by atoms with Gasteiger partial charge in [-0.25, -0.2) is 4.98 Å². The van der Waals surface area contributed by atoms with Crippen LogP contribution in [0.5, 0.6) is 0 Å². The number of aliphatic hydroxyl groups is 1. The average Bonchev–Trinajstić information content (AvgIpc) is 2.73. The van der Waals surface area contributed by atoms with Gasteiger partial charge in [-0.05, 0) is 13.0 Å². The Kier molecular flexibility index (Phi) is 3.10. The lowest BCUT2D eigenvalue weighted by Crippen LogP contribution is -2.21. The standard InChI is InChI=1S/C12H15N3O2/c1-9(16)12-13-6-7-15(12)8-10-4-3-5-11(17)14(10)2/h3-7,9,16H,8H2,1-2H3. The van der Waals surface area contributed by atoms with E-state index in [9.17, 15) is 9.90 Å². The second-order valence-electron chi connectivity index (χ2n) is 4.00. The van der Waals surface area contributed by atoms with Gasteiger partial charge < -0.3 is 14.2 Å². The third kappa shape index (κ3) is 2.29. The second-order valence-corrected chi connectivity index (χ2v) is 4.00. The molecule has 0 amide bonds. The topological polar surface area (TPSA) is 60.1 Å². The van der Waals surface area contributed by atoms with Crippen molar-refractivity contribution < 1.29 is 5.11 Å². The Morgan fingerprint density at radius 1 is 1.47 bits per heavy atom. The van der Waals surface area contributed by atoms with Crippen molar-refractivity contribution in [2.75, 3.05) is 0 Å². The molecule has 2 rings (SSSR count).